The molecule has 2 aromatic heterocycles. The number of amidine groups is 1. The molecule has 13 heteroatoms. The Morgan fingerprint density at radius 1 is 1.23 bits per heavy atom. The van der Waals surface area contributed by atoms with Gasteiger partial charge >= 0.3 is 6.18 Å². The van der Waals surface area contributed by atoms with Crippen molar-refractivity contribution >= 4 is 17.4 Å². The standard InChI is InChI=1S/C22H20F4N6O3/c1-34-11-21(10-32-9-12(22(24,25)26)5-17(32)19(27)31-21)14-6-13(3-4-15(14)23)30-20(33)16-7-29-18(35-2)8-28-16/h3-9H,10-11H2,1-2H3,(H2,27,31)(H,30,33). The topological polar surface area (TPSA) is 117 Å². The van der Waals surface area contributed by atoms with Crippen molar-refractivity contribution in [2.75, 3.05) is 26.1 Å². The molecule has 3 heterocycles. The van der Waals surface area contributed by atoms with Crippen LogP contribution in [0.15, 0.2) is 47.8 Å². The summed E-state index contributed by atoms with van der Waals surface area (Å²) in [5.41, 5.74) is 3.84. The second kappa shape index (κ2) is 8.98. The van der Waals surface area contributed by atoms with Crippen molar-refractivity contribution in [3.05, 3.63) is 71.2 Å². The molecule has 0 bridgehead atoms. The van der Waals surface area contributed by atoms with Crippen LogP contribution in [0.4, 0.5) is 23.2 Å². The molecule has 3 N–H and O–H groups in total. The molecular formula is C22H20F4N6O3. The number of rotatable bonds is 6. The van der Waals surface area contributed by atoms with Gasteiger partial charge in [0, 0.05) is 24.6 Å². The summed E-state index contributed by atoms with van der Waals surface area (Å²) in [5, 5.41) is 2.59. The first-order valence-electron chi connectivity index (χ1n) is 10.2. The summed E-state index contributed by atoms with van der Waals surface area (Å²) in [5.74, 6) is -1.30. The van der Waals surface area contributed by atoms with Crippen LogP contribution in [-0.4, -0.2) is 47.1 Å². The van der Waals surface area contributed by atoms with Crippen LogP contribution in [0.5, 0.6) is 5.88 Å². The van der Waals surface area contributed by atoms with Gasteiger partial charge in [0.25, 0.3) is 5.91 Å². The Kier molecular flexibility index (Phi) is 6.19. The van der Waals surface area contributed by atoms with Gasteiger partial charge < -0.3 is 25.1 Å². The zero-order valence-electron chi connectivity index (χ0n) is 18.6. The van der Waals surface area contributed by atoms with Gasteiger partial charge in [0.05, 0.1) is 43.9 Å². The number of carbonyl (C=O) groups excluding carboxylic acids is 1. The molecule has 0 saturated carbocycles. The van der Waals surface area contributed by atoms with E-state index in [1.54, 1.807) is 0 Å². The van der Waals surface area contributed by atoms with E-state index in [2.05, 4.69) is 20.3 Å². The second-order valence-corrected chi connectivity index (χ2v) is 7.79. The summed E-state index contributed by atoms with van der Waals surface area (Å²) in [6.07, 6.45) is -1.22. The Hall–Kier alpha value is -4.00. The zero-order valence-corrected chi connectivity index (χ0v) is 18.6. The molecule has 4 rings (SSSR count). The Balaban J connectivity index is 1.70. The van der Waals surface area contributed by atoms with Gasteiger partial charge in [-0.25, -0.2) is 14.4 Å². The molecule has 1 aliphatic rings. The largest absolute Gasteiger partial charge is 0.480 e. The maximum Gasteiger partial charge on any atom is 0.417 e. The highest BCUT2D eigenvalue weighted by atomic mass is 19.4. The highest BCUT2D eigenvalue weighted by Crippen LogP contribution is 2.38. The van der Waals surface area contributed by atoms with Crippen LogP contribution in [-0.2, 0) is 23.0 Å². The number of hydrogen-bond acceptors (Lipinski definition) is 7. The predicted octanol–water partition coefficient (Wildman–Crippen LogP) is 2.96. The van der Waals surface area contributed by atoms with Crippen molar-refractivity contribution in [1.82, 2.24) is 14.5 Å². The number of carbonyl (C=O) groups is 1. The van der Waals surface area contributed by atoms with Gasteiger partial charge in [0.2, 0.25) is 5.88 Å². The molecule has 0 fully saturated rings. The van der Waals surface area contributed by atoms with Gasteiger partial charge in [-0.3, -0.25) is 9.79 Å². The molecule has 0 radical (unpaired) electrons. The van der Waals surface area contributed by atoms with E-state index < -0.39 is 29.0 Å². The van der Waals surface area contributed by atoms with Crippen molar-refractivity contribution < 1.29 is 31.8 Å². The SMILES string of the molecule is COCC1(c2cc(NC(=O)c3cnc(OC)cn3)ccc2F)Cn2cc(C(F)(F)F)cc2C(N)=N1. The van der Waals surface area contributed by atoms with E-state index in [1.807, 2.05) is 0 Å². The number of nitrogens with one attached hydrogen (secondary N) is 1. The molecule has 0 aliphatic carbocycles. The molecule has 9 nitrogen and oxygen atoms in total. The van der Waals surface area contributed by atoms with Gasteiger partial charge in [-0.2, -0.15) is 13.2 Å². The number of fused-ring (bicyclic) bond motifs is 1. The van der Waals surface area contributed by atoms with E-state index in [0.29, 0.717) is 0 Å². The number of amides is 1. The Morgan fingerprint density at radius 2 is 2.00 bits per heavy atom. The number of ether oxygens (including phenoxy) is 2. The lowest BCUT2D eigenvalue weighted by atomic mass is 9.88. The third-order valence-corrected chi connectivity index (χ3v) is 5.43. The molecule has 1 amide bonds. The number of aliphatic imine (C=N–C) groups is 1. The second-order valence-electron chi connectivity index (χ2n) is 7.79. The quantitative estimate of drug-likeness (QED) is 0.511. The number of benzene rings is 1. The number of hydrogen-bond donors (Lipinski definition) is 2. The molecule has 1 atom stereocenters. The Morgan fingerprint density at radius 3 is 2.63 bits per heavy atom. The minimum atomic E-state index is -4.59. The van der Waals surface area contributed by atoms with Crippen molar-refractivity contribution in [3.63, 3.8) is 0 Å². The molecule has 184 valence electrons. The minimum Gasteiger partial charge on any atom is -0.480 e. The fourth-order valence-corrected chi connectivity index (χ4v) is 3.85. The number of anilines is 1. The fourth-order valence-electron chi connectivity index (χ4n) is 3.85. The predicted molar refractivity (Wildman–Crippen MR) is 117 cm³/mol. The average molecular weight is 492 g/mol. The highest BCUT2D eigenvalue weighted by molar-refractivity contribution is 6.02. The highest BCUT2D eigenvalue weighted by Gasteiger charge is 2.41. The van der Waals surface area contributed by atoms with Crippen LogP contribution >= 0.6 is 0 Å². The fraction of sp³-hybridized carbons (Fsp3) is 0.273. The van der Waals surface area contributed by atoms with Crippen LogP contribution in [0.25, 0.3) is 0 Å². The molecule has 0 spiro atoms. The van der Waals surface area contributed by atoms with Gasteiger partial charge in [-0.1, -0.05) is 0 Å². The number of aromatic nitrogens is 3. The van der Waals surface area contributed by atoms with E-state index in [1.165, 1.54) is 43.3 Å². The van der Waals surface area contributed by atoms with E-state index in [4.69, 9.17) is 15.2 Å². The number of methoxy groups -OCH3 is 2. The molecule has 1 aliphatic heterocycles. The first-order valence-corrected chi connectivity index (χ1v) is 10.2. The van der Waals surface area contributed by atoms with Crippen LogP contribution in [0.1, 0.15) is 27.3 Å². The molecule has 1 unspecified atom stereocenters. The third kappa shape index (κ3) is 4.67. The Labute approximate surface area is 196 Å². The molecule has 3 aromatic rings. The van der Waals surface area contributed by atoms with Crippen molar-refractivity contribution in [1.29, 1.82) is 0 Å². The first-order chi connectivity index (χ1) is 16.6. The van der Waals surface area contributed by atoms with Gasteiger partial charge in [0.1, 0.15) is 22.9 Å². The summed E-state index contributed by atoms with van der Waals surface area (Å²) in [4.78, 5) is 24.8. The zero-order chi connectivity index (χ0) is 25.4. The first kappa shape index (κ1) is 24.1. The van der Waals surface area contributed by atoms with Crippen LogP contribution in [0, 0.1) is 5.82 Å². The normalized spacial score (nSPS) is 17.5. The third-order valence-electron chi connectivity index (χ3n) is 5.43. The molecule has 1 aromatic carbocycles. The van der Waals surface area contributed by atoms with Crippen molar-refractivity contribution in [2.45, 2.75) is 18.3 Å². The number of alkyl halides is 3. The van der Waals surface area contributed by atoms with E-state index in [0.717, 1.165) is 18.3 Å². The number of halogens is 4. The lowest BCUT2D eigenvalue weighted by Gasteiger charge is -2.35. The minimum absolute atomic E-state index is 0.0140. The molecular weight excluding hydrogens is 472 g/mol. The van der Waals surface area contributed by atoms with E-state index in [9.17, 15) is 18.0 Å². The molecule has 35 heavy (non-hydrogen) atoms. The lowest BCUT2D eigenvalue weighted by Crippen LogP contribution is -2.42. The summed E-state index contributed by atoms with van der Waals surface area (Å²) in [6, 6.07) is 4.66. The van der Waals surface area contributed by atoms with Crippen molar-refractivity contribution in [2.24, 2.45) is 10.7 Å². The van der Waals surface area contributed by atoms with E-state index >= 15 is 4.39 Å². The number of nitrogens with two attached hydrogens (primary N) is 1. The van der Waals surface area contributed by atoms with Gasteiger partial charge in [-0.05, 0) is 24.3 Å². The van der Waals surface area contributed by atoms with Crippen molar-refractivity contribution in [3.8, 4) is 5.88 Å². The van der Waals surface area contributed by atoms with Gasteiger partial charge in [0.15, 0.2) is 0 Å². The monoisotopic (exact) mass is 492 g/mol. The lowest BCUT2D eigenvalue weighted by molar-refractivity contribution is -0.137. The van der Waals surface area contributed by atoms with Crippen LogP contribution in [0.2, 0.25) is 0 Å². The van der Waals surface area contributed by atoms with Crippen LogP contribution in [0.3, 0.4) is 0 Å². The van der Waals surface area contributed by atoms with E-state index in [-0.39, 0.29) is 47.5 Å². The summed E-state index contributed by atoms with van der Waals surface area (Å²) >= 11 is 0. The molecule has 0 saturated heterocycles. The summed E-state index contributed by atoms with van der Waals surface area (Å²) in [6.45, 7) is -0.365. The van der Waals surface area contributed by atoms with Gasteiger partial charge in [-0.15, -0.1) is 0 Å². The number of nitrogens with zero attached hydrogens (tertiary/aromatic N) is 4. The summed E-state index contributed by atoms with van der Waals surface area (Å²) in [7, 11) is 2.76. The Bertz CT molecular complexity index is 1290. The maximum absolute atomic E-state index is 15.1. The smallest absolute Gasteiger partial charge is 0.417 e. The maximum atomic E-state index is 15.1. The van der Waals surface area contributed by atoms with Crippen LogP contribution < -0.4 is 15.8 Å². The summed E-state index contributed by atoms with van der Waals surface area (Å²) < 4.78 is 66.2. The average Bonchev–Trinajstić information content (AvgIpc) is 3.26.